The Hall–Kier alpha value is -1.95. The molecule has 0 aromatic carbocycles. The first-order chi connectivity index (χ1) is 7.65. The molecule has 2 heterocycles. The number of hydrogen-bond donors (Lipinski definition) is 1. The van der Waals surface area contributed by atoms with E-state index < -0.39 is 5.97 Å². The summed E-state index contributed by atoms with van der Waals surface area (Å²) in [4.78, 5) is 14.6. The predicted molar refractivity (Wildman–Crippen MR) is 61.0 cm³/mol. The van der Waals surface area contributed by atoms with Crippen LogP contribution < -0.4 is 0 Å². The number of thiazole rings is 1. The maximum absolute atomic E-state index is 10.3. The van der Waals surface area contributed by atoms with E-state index in [1.807, 2.05) is 18.6 Å². The summed E-state index contributed by atoms with van der Waals surface area (Å²) in [6, 6.07) is 0. The highest BCUT2D eigenvalue weighted by Crippen LogP contribution is 2.23. The molecule has 2 aromatic heterocycles. The normalized spacial score (nSPS) is 11.1. The molecule has 82 valence electrons. The fourth-order valence-corrected chi connectivity index (χ4v) is 1.95. The van der Waals surface area contributed by atoms with Crippen LogP contribution in [0.3, 0.4) is 0 Å². The van der Waals surface area contributed by atoms with Crippen molar-refractivity contribution in [2.24, 2.45) is 7.05 Å². The van der Waals surface area contributed by atoms with Gasteiger partial charge in [0.25, 0.3) is 0 Å². The molecule has 6 heteroatoms. The number of hydrogen-bond acceptors (Lipinski definition) is 4. The number of nitrogens with zero attached hydrogens (tertiary/aromatic N) is 3. The van der Waals surface area contributed by atoms with E-state index in [9.17, 15) is 4.79 Å². The Morgan fingerprint density at radius 1 is 1.62 bits per heavy atom. The molecule has 0 fully saturated rings. The third kappa shape index (κ3) is 2.34. The van der Waals surface area contributed by atoms with E-state index in [-0.39, 0.29) is 0 Å². The standard InChI is InChI=1S/C10H9N3O2S/c1-13-5-7(4-11-13)10-12-8(6-16-10)2-3-9(14)15/h2-6H,1H3,(H,14,15). The lowest BCUT2D eigenvalue weighted by molar-refractivity contribution is -0.131. The average Bonchev–Trinajstić information content (AvgIpc) is 2.83. The predicted octanol–water partition coefficient (Wildman–Crippen LogP) is 1.64. The molecule has 0 saturated carbocycles. The molecule has 16 heavy (non-hydrogen) atoms. The van der Waals surface area contributed by atoms with Gasteiger partial charge >= 0.3 is 5.97 Å². The SMILES string of the molecule is Cn1cc(-c2nc(C=CC(=O)O)cs2)cn1. The molecule has 0 unspecified atom stereocenters. The summed E-state index contributed by atoms with van der Waals surface area (Å²) in [7, 11) is 1.84. The van der Waals surface area contributed by atoms with Gasteiger partial charge in [-0.1, -0.05) is 0 Å². The topological polar surface area (TPSA) is 68.0 Å². The fraction of sp³-hybridized carbons (Fsp3) is 0.100. The number of carboxylic acid groups (broad SMARTS) is 1. The highest BCUT2D eigenvalue weighted by atomic mass is 32.1. The lowest BCUT2D eigenvalue weighted by Gasteiger charge is -1.86. The Labute approximate surface area is 95.7 Å². The first-order valence-electron chi connectivity index (χ1n) is 4.51. The number of carboxylic acids is 1. The zero-order valence-electron chi connectivity index (χ0n) is 8.49. The molecule has 0 aliphatic carbocycles. The van der Waals surface area contributed by atoms with Crippen LogP contribution in [0.4, 0.5) is 0 Å². The summed E-state index contributed by atoms with van der Waals surface area (Å²) in [5.74, 6) is -0.976. The smallest absolute Gasteiger partial charge is 0.328 e. The Balaban J connectivity index is 2.23. The summed E-state index contributed by atoms with van der Waals surface area (Å²) in [5, 5.41) is 15.2. The Morgan fingerprint density at radius 3 is 3.06 bits per heavy atom. The highest BCUT2D eigenvalue weighted by molar-refractivity contribution is 7.13. The molecule has 0 saturated heterocycles. The molecular formula is C10H9N3O2S. The largest absolute Gasteiger partial charge is 0.478 e. The first kappa shape index (κ1) is 10.6. The second kappa shape index (κ2) is 4.28. The lowest BCUT2D eigenvalue weighted by Crippen LogP contribution is -1.85. The lowest BCUT2D eigenvalue weighted by atomic mass is 10.4. The highest BCUT2D eigenvalue weighted by Gasteiger charge is 2.04. The van der Waals surface area contributed by atoms with Gasteiger partial charge < -0.3 is 5.11 Å². The van der Waals surface area contributed by atoms with Crippen LogP contribution in [0.25, 0.3) is 16.6 Å². The first-order valence-corrected chi connectivity index (χ1v) is 5.38. The molecule has 5 nitrogen and oxygen atoms in total. The second-order valence-electron chi connectivity index (χ2n) is 3.15. The van der Waals surface area contributed by atoms with Gasteiger partial charge in [-0.25, -0.2) is 9.78 Å². The number of rotatable bonds is 3. The summed E-state index contributed by atoms with van der Waals surface area (Å²) in [6.07, 6.45) is 6.13. The van der Waals surface area contributed by atoms with Crippen molar-refractivity contribution >= 4 is 23.4 Å². The van der Waals surface area contributed by atoms with E-state index in [1.54, 1.807) is 10.9 Å². The van der Waals surface area contributed by atoms with E-state index in [0.717, 1.165) is 16.6 Å². The van der Waals surface area contributed by atoms with E-state index >= 15 is 0 Å². The zero-order valence-corrected chi connectivity index (χ0v) is 9.31. The van der Waals surface area contributed by atoms with Crippen LogP contribution in [0, 0.1) is 0 Å². The quantitative estimate of drug-likeness (QED) is 0.821. The van der Waals surface area contributed by atoms with Gasteiger partial charge in [-0.3, -0.25) is 4.68 Å². The van der Waals surface area contributed by atoms with Crippen molar-refractivity contribution in [3.05, 3.63) is 29.5 Å². The van der Waals surface area contributed by atoms with Gasteiger partial charge in [-0.15, -0.1) is 11.3 Å². The molecule has 0 bridgehead atoms. The van der Waals surface area contributed by atoms with Crippen LogP contribution in [0.1, 0.15) is 5.69 Å². The van der Waals surface area contributed by atoms with Crippen molar-refractivity contribution in [3.63, 3.8) is 0 Å². The van der Waals surface area contributed by atoms with Gasteiger partial charge in [0, 0.05) is 30.3 Å². The summed E-state index contributed by atoms with van der Waals surface area (Å²) in [6.45, 7) is 0. The molecule has 0 aliphatic rings. The third-order valence-corrected chi connectivity index (χ3v) is 2.78. The number of aryl methyl sites for hydroxylation is 1. The van der Waals surface area contributed by atoms with Crippen LogP contribution in [-0.4, -0.2) is 25.8 Å². The van der Waals surface area contributed by atoms with Crippen LogP contribution in [0.15, 0.2) is 23.8 Å². The van der Waals surface area contributed by atoms with Crippen LogP contribution >= 0.6 is 11.3 Å². The molecule has 0 spiro atoms. The average molecular weight is 235 g/mol. The van der Waals surface area contributed by atoms with Crippen molar-refractivity contribution < 1.29 is 9.90 Å². The monoisotopic (exact) mass is 235 g/mol. The molecule has 0 atom stereocenters. The van der Waals surface area contributed by atoms with Gasteiger partial charge in [0.15, 0.2) is 0 Å². The van der Waals surface area contributed by atoms with Crippen molar-refractivity contribution in [1.29, 1.82) is 0 Å². The van der Waals surface area contributed by atoms with E-state index in [0.29, 0.717) is 5.69 Å². The van der Waals surface area contributed by atoms with Crippen molar-refractivity contribution in [2.75, 3.05) is 0 Å². The minimum Gasteiger partial charge on any atom is -0.478 e. The number of aromatic nitrogens is 3. The van der Waals surface area contributed by atoms with Crippen LogP contribution in [0.5, 0.6) is 0 Å². The van der Waals surface area contributed by atoms with Gasteiger partial charge in [0.1, 0.15) is 5.01 Å². The number of carbonyl (C=O) groups is 1. The molecular weight excluding hydrogens is 226 g/mol. The van der Waals surface area contributed by atoms with Gasteiger partial charge in [-0.2, -0.15) is 5.10 Å². The Kier molecular flexibility index (Phi) is 2.82. The van der Waals surface area contributed by atoms with Crippen LogP contribution in [0.2, 0.25) is 0 Å². The second-order valence-corrected chi connectivity index (χ2v) is 4.01. The molecule has 0 aliphatic heterocycles. The maximum Gasteiger partial charge on any atom is 0.328 e. The third-order valence-electron chi connectivity index (χ3n) is 1.87. The van der Waals surface area contributed by atoms with E-state index in [1.165, 1.54) is 17.4 Å². The maximum atomic E-state index is 10.3. The van der Waals surface area contributed by atoms with Crippen molar-refractivity contribution in [3.8, 4) is 10.6 Å². The van der Waals surface area contributed by atoms with E-state index in [4.69, 9.17) is 5.11 Å². The summed E-state index contributed by atoms with van der Waals surface area (Å²) < 4.78 is 1.70. The number of aliphatic carboxylic acids is 1. The van der Waals surface area contributed by atoms with Crippen molar-refractivity contribution in [1.82, 2.24) is 14.8 Å². The Morgan fingerprint density at radius 2 is 2.44 bits per heavy atom. The zero-order chi connectivity index (χ0) is 11.5. The summed E-state index contributed by atoms with van der Waals surface area (Å²) >= 11 is 1.46. The van der Waals surface area contributed by atoms with Crippen molar-refractivity contribution in [2.45, 2.75) is 0 Å². The fourth-order valence-electron chi connectivity index (χ4n) is 1.18. The van der Waals surface area contributed by atoms with Gasteiger partial charge in [0.05, 0.1) is 11.9 Å². The Bertz CT molecular complexity index is 542. The van der Waals surface area contributed by atoms with Gasteiger partial charge in [-0.05, 0) is 6.08 Å². The molecule has 1 N–H and O–H groups in total. The molecule has 2 rings (SSSR count). The van der Waals surface area contributed by atoms with Crippen LogP contribution in [-0.2, 0) is 11.8 Å². The molecule has 2 aromatic rings. The summed E-state index contributed by atoms with van der Waals surface area (Å²) in [5.41, 5.74) is 1.58. The van der Waals surface area contributed by atoms with E-state index in [2.05, 4.69) is 10.1 Å². The molecule has 0 amide bonds. The minimum absolute atomic E-state index is 0.645. The minimum atomic E-state index is -0.976. The van der Waals surface area contributed by atoms with Gasteiger partial charge in [0.2, 0.25) is 0 Å². The molecule has 0 radical (unpaired) electrons.